The van der Waals surface area contributed by atoms with Gasteiger partial charge in [0.1, 0.15) is 0 Å². The highest BCUT2D eigenvalue weighted by molar-refractivity contribution is 5.17. The van der Waals surface area contributed by atoms with E-state index in [2.05, 4.69) is 15.1 Å². The van der Waals surface area contributed by atoms with Crippen LogP contribution >= 0.6 is 0 Å². The fraction of sp³-hybridized carbons (Fsp3) is 0.625. The van der Waals surface area contributed by atoms with Crippen LogP contribution in [0.5, 0.6) is 0 Å². The number of piperidine rings is 1. The molecule has 124 valence electrons. The standard InChI is InChI=1S/C16H25F2N3O/c1-20(2)8-6-19-15-5-7-21(11-16(15)22)10-12-3-4-13(17)14(18)9-12/h3-4,9,15-16,19,22H,5-8,10-11H2,1-2H3/t15-,16-/m1/s1. The Morgan fingerprint density at radius 1 is 1.32 bits per heavy atom. The van der Waals surface area contributed by atoms with Gasteiger partial charge in [0.25, 0.3) is 0 Å². The summed E-state index contributed by atoms with van der Waals surface area (Å²) in [4.78, 5) is 4.17. The molecule has 1 aliphatic heterocycles. The molecule has 1 aromatic carbocycles. The summed E-state index contributed by atoms with van der Waals surface area (Å²) in [6, 6.07) is 4.06. The van der Waals surface area contributed by atoms with Gasteiger partial charge in [-0.1, -0.05) is 6.07 Å². The van der Waals surface area contributed by atoms with Crippen LogP contribution in [0.25, 0.3) is 0 Å². The van der Waals surface area contributed by atoms with Gasteiger partial charge in [-0.05, 0) is 38.2 Å². The lowest BCUT2D eigenvalue weighted by Gasteiger charge is -2.36. The van der Waals surface area contributed by atoms with Gasteiger partial charge in [-0.25, -0.2) is 8.78 Å². The predicted octanol–water partition coefficient (Wildman–Crippen LogP) is 1.05. The first-order valence-electron chi connectivity index (χ1n) is 7.68. The number of likely N-dealkylation sites (tertiary alicyclic amines) is 1. The minimum absolute atomic E-state index is 0.0983. The number of halogens is 2. The summed E-state index contributed by atoms with van der Waals surface area (Å²) in [6.45, 7) is 3.67. The molecule has 2 atom stereocenters. The lowest BCUT2D eigenvalue weighted by atomic mass is 10.0. The van der Waals surface area contributed by atoms with Crippen molar-refractivity contribution in [3.63, 3.8) is 0 Å². The van der Waals surface area contributed by atoms with E-state index in [1.54, 1.807) is 6.07 Å². The molecular weight excluding hydrogens is 288 g/mol. The first kappa shape index (κ1) is 17.3. The van der Waals surface area contributed by atoms with Crippen LogP contribution < -0.4 is 5.32 Å². The lowest BCUT2D eigenvalue weighted by molar-refractivity contribution is 0.0367. The summed E-state index contributed by atoms with van der Waals surface area (Å²) in [6.07, 6.45) is 0.402. The van der Waals surface area contributed by atoms with Gasteiger partial charge in [0.2, 0.25) is 0 Å². The zero-order valence-corrected chi connectivity index (χ0v) is 13.2. The number of benzene rings is 1. The molecule has 4 nitrogen and oxygen atoms in total. The van der Waals surface area contributed by atoms with Crippen LogP contribution in [0.15, 0.2) is 18.2 Å². The Hall–Kier alpha value is -1.08. The smallest absolute Gasteiger partial charge is 0.159 e. The summed E-state index contributed by atoms with van der Waals surface area (Å²) < 4.78 is 26.1. The fourth-order valence-corrected chi connectivity index (χ4v) is 2.75. The number of rotatable bonds is 6. The molecule has 0 radical (unpaired) electrons. The third-order valence-corrected chi connectivity index (χ3v) is 4.02. The molecule has 1 fully saturated rings. The van der Waals surface area contributed by atoms with Gasteiger partial charge in [-0.15, -0.1) is 0 Å². The first-order valence-corrected chi connectivity index (χ1v) is 7.68. The second-order valence-corrected chi connectivity index (χ2v) is 6.20. The Bertz CT molecular complexity index is 484. The van der Waals surface area contributed by atoms with Crippen molar-refractivity contribution in [3.05, 3.63) is 35.4 Å². The Kier molecular flexibility index (Phi) is 6.26. The van der Waals surface area contributed by atoms with Crippen LogP contribution in [0.4, 0.5) is 8.78 Å². The Balaban J connectivity index is 1.80. The van der Waals surface area contributed by atoms with Crippen molar-refractivity contribution < 1.29 is 13.9 Å². The summed E-state index contributed by atoms with van der Waals surface area (Å²) in [7, 11) is 4.03. The molecular formula is C16H25F2N3O. The van der Waals surface area contributed by atoms with Crippen molar-refractivity contribution in [3.8, 4) is 0 Å². The third kappa shape index (κ3) is 4.98. The highest BCUT2D eigenvalue weighted by Crippen LogP contribution is 2.16. The lowest BCUT2D eigenvalue weighted by Crippen LogP contribution is -2.53. The largest absolute Gasteiger partial charge is 0.390 e. The average molecular weight is 313 g/mol. The van der Waals surface area contributed by atoms with Crippen molar-refractivity contribution in [2.24, 2.45) is 0 Å². The van der Waals surface area contributed by atoms with Crippen molar-refractivity contribution in [1.82, 2.24) is 15.1 Å². The molecule has 0 saturated carbocycles. The quantitative estimate of drug-likeness (QED) is 0.823. The third-order valence-electron chi connectivity index (χ3n) is 4.02. The maximum atomic E-state index is 13.2. The summed E-state index contributed by atoms with van der Waals surface area (Å²) in [5.74, 6) is -1.65. The number of aliphatic hydroxyl groups excluding tert-OH is 1. The molecule has 1 heterocycles. The molecule has 2 N–H and O–H groups in total. The highest BCUT2D eigenvalue weighted by Gasteiger charge is 2.27. The maximum absolute atomic E-state index is 13.2. The molecule has 1 saturated heterocycles. The molecule has 0 aliphatic carbocycles. The van der Waals surface area contributed by atoms with Crippen molar-refractivity contribution in [2.75, 3.05) is 40.3 Å². The Morgan fingerprint density at radius 2 is 2.09 bits per heavy atom. The maximum Gasteiger partial charge on any atom is 0.159 e. The van der Waals surface area contributed by atoms with Crippen LogP contribution in [0.2, 0.25) is 0 Å². The number of nitrogens with one attached hydrogen (secondary N) is 1. The van der Waals surface area contributed by atoms with Crippen LogP contribution in [0.1, 0.15) is 12.0 Å². The zero-order chi connectivity index (χ0) is 16.1. The van der Waals surface area contributed by atoms with Crippen LogP contribution in [0, 0.1) is 11.6 Å². The van der Waals surface area contributed by atoms with Gasteiger partial charge in [0, 0.05) is 38.8 Å². The number of hydrogen-bond donors (Lipinski definition) is 2. The van der Waals surface area contributed by atoms with E-state index >= 15 is 0 Å². The highest BCUT2D eigenvalue weighted by atomic mass is 19.2. The number of hydrogen-bond acceptors (Lipinski definition) is 4. The van der Waals surface area contributed by atoms with Crippen LogP contribution in [-0.4, -0.2) is 67.3 Å². The van der Waals surface area contributed by atoms with Crippen LogP contribution in [-0.2, 0) is 6.54 Å². The van der Waals surface area contributed by atoms with Crippen molar-refractivity contribution >= 4 is 0 Å². The van der Waals surface area contributed by atoms with Gasteiger partial charge >= 0.3 is 0 Å². The van der Waals surface area contributed by atoms with E-state index in [9.17, 15) is 13.9 Å². The normalized spacial score (nSPS) is 23.2. The van der Waals surface area contributed by atoms with Crippen molar-refractivity contribution in [1.29, 1.82) is 0 Å². The van der Waals surface area contributed by atoms with Crippen LogP contribution in [0.3, 0.4) is 0 Å². The van der Waals surface area contributed by atoms with Gasteiger partial charge in [-0.3, -0.25) is 4.90 Å². The summed E-state index contributed by atoms with van der Waals surface area (Å²) in [5, 5.41) is 13.6. The molecule has 0 amide bonds. The van der Waals surface area contributed by atoms with E-state index in [4.69, 9.17) is 0 Å². The minimum atomic E-state index is -0.826. The second-order valence-electron chi connectivity index (χ2n) is 6.20. The molecule has 22 heavy (non-hydrogen) atoms. The predicted molar refractivity (Wildman–Crippen MR) is 82.6 cm³/mol. The van der Waals surface area contributed by atoms with E-state index < -0.39 is 17.7 Å². The summed E-state index contributed by atoms with van der Waals surface area (Å²) >= 11 is 0. The minimum Gasteiger partial charge on any atom is -0.390 e. The summed E-state index contributed by atoms with van der Waals surface area (Å²) in [5.41, 5.74) is 0.727. The van der Waals surface area contributed by atoms with Gasteiger partial charge in [0.15, 0.2) is 11.6 Å². The molecule has 0 bridgehead atoms. The number of nitrogens with zero attached hydrogens (tertiary/aromatic N) is 2. The molecule has 1 aliphatic rings. The molecule has 0 aromatic heterocycles. The van der Waals surface area contributed by atoms with E-state index in [1.165, 1.54) is 6.07 Å². The SMILES string of the molecule is CN(C)CCN[C@@H]1CCN(Cc2ccc(F)c(F)c2)C[C@H]1O. The Morgan fingerprint density at radius 3 is 2.73 bits per heavy atom. The zero-order valence-electron chi connectivity index (χ0n) is 13.2. The molecule has 0 spiro atoms. The number of likely N-dealkylation sites (N-methyl/N-ethyl adjacent to an activating group) is 1. The van der Waals surface area contributed by atoms with E-state index in [1.807, 2.05) is 14.1 Å². The first-order chi connectivity index (χ1) is 10.5. The van der Waals surface area contributed by atoms with Gasteiger partial charge in [0.05, 0.1) is 6.10 Å². The number of aliphatic hydroxyl groups is 1. The number of β-amino-alcohol motifs (C(OH)–C–C–N with tert-alkyl or cyclic N) is 1. The molecule has 2 rings (SSSR count). The monoisotopic (exact) mass is 313 g/mol. The molecule has 1 aromatic rings. The fourth-order valence-electron chi connectivity index (χ4n) is 2.75. The van der Waals surface area contributed by atoms with Gasteiger partial charge < -0.3 is 15.3 Å². The molecule has 0 unspecified atom stereocenters. The average Bonchev–Trinajstić information content (AvgIpc) is 2.45. The van der Waals surface area contributed by atoms with E-state index in [-0.39, 0.29) is 6.04 Å². The topological polar surface area (TPSA) is 38.7 Å². The van der Waals surface area contributed by atoms with E-state index in [0.29, 0.717) is 13.1 Å². The Labute approximate surface area is 130 Å². The second kappa shape index (κ2) is 7.97. The molecule has 6 heteroatoms. The van der Waals surface area contributed by atoms with E-state index in [0.717, 1.165) is 37.7 Å². The van der Waals surface area contributed by atoms with Gasteiger partial charge in [-0.2, -0.15) is 0 Å². The van der Waals surface area contributed by atoms with Crippen molar-refractivity contribution in [2.45, 2.75) is 25.1 Å².